The maximum absolute atomic E-state index is 11.6. The Morgan fingerprint density at radius 1 is 1.65 bits per heavy atom. The molecule has 0 spiro atoms. The third-order valence-electron chi connectivity index (χ3n) is 2.89. The minimum absolute atomic E-state index is 0.0798. The Kier molecular flexibility index (Phi) is 4.11. The molecule has 0 aromatic carbocycles. The third-order valence-corrected chi connectivity index (χ3v) is 2.89. The number of rotatable bonds is 3. The van der Waals surface area contributed by atoms with Crippen molar-refractivity contribution in [2.24, 2.45) is 0 Å². The molecular weight excluding hydrogens is 220 g/mol. The second-order valence-electron chi connectivity index (χ2n) is 4.04. The summed E-state index contributed by atoms with van der Waals surface area (Å²) in [5, 5.41) is 2.83. The average molecular weight is 238 g/mol. The zero-order valence-corrected chi connectivity index (χ0v) is 10.0. The highest BCUT2D eigenvalue weighted by atomic mass is 16.5. The first-order chi connectivity index (χ1) is 8.29. The standard InChI is InChI=1S/C11H18N4O2/c1-2-14-5-6-17-10(8-14)7-13-11(16)15-4-3-12-9-15/h3-4,9-10H,2,5-8H2,1H3,(H,13,16). The lowest BCUT2D eigenvalue weighted by Gasteiger charge is -2.32. The van der Waals surface area contributed by atoms with Crippen LogP contribution in [0.3, 0.4) is 0 Å². The van der Waals surface area contributed by atoms with Gasteiger partial charge in [-0.05, 0) is 6.54 Å². The van der Waals surface area contributed by atoms with Crippen LogP contribution < -0.4 is 5.32 Å². The fourth-order valence-electron chi connectivity index (χ4n) is 1.86. The summed E-state index contributed by atoms with van der Waals surface area (Å²) in [5.41, 5.74) is 0. The summed E-state index contributed by atoms with van der Waals surface area (Å²) in [7, 11) is 0. The quantitative estimate of drug-likeness (QED) is 0.815. The normalized spacial score (nSPS) is 21.4. The van der Waals surface area contributed by atoms with Gasteiger partial charge in [-0.3, -0.25) is 9.47 Å². The molecule has 6 heteroatoms. The van der Waals surface area contributed by atoms with Crippen LogP contribution in [0.25, 0.3) is 0 Å². The van der Waals surface area contributed by atoms with Crippen molar-refractivity contribution in [3.8, 4) is 0 Å². The lowest BCUT2D eigenvalue weighted by atomic mass is 10.2. The number of imidazole rings is 1. The minimum atomic E-state index is -0.167. The van der Waals surface area contributed by atoms with Crippen molar-refractivity contribution >= 4 is 6.03 Å². The van der Waals surface area contributed by atoms with Crippen LogP contribution in [0.15, 0.2) is 18.7 Å². The molecule has 1 aromatic rings. The van der Waals surface area contributed by atoms with E-state index in [2.05, 4.69) is 22.1 Å². The summed E-state index contributed by atoms with van der Waals surface area (Å²) in [6.45, 7) is 6.28. The summed E-state index contributed by atoms with van der Waals surface area (Å²) in [6.07, 6.45) is 4.76. The summed E-state index contributed by atoms with van der Waals surface area (Å²) in [6, 6.07) is -0.167. The molecule has 0 bridgehead atoms. The number of likely N-dealkylation sites (N-methyl/N-ethyl adjacent to an activating group) is 1. The molecule has 17 heavy (non-hydrogen) atoms. The predicted octanol–water partition coefficient (Wildman–Crippen LogP) is 0.162. The van der Waals surface area contributed by atoms with Gasteiger partial charge in [-0.15, -0.1) is 0 Å². The second-order valence-corrected chi connectivity index (χ2v) is 4.04. The van der Waals surface area contributed by atoms with Crippen molar-refractivity contribution in [2.45, 2.75) is 13.0 Å². The van der Waals surface area contributed by atoms with Gasteiger partial charge in [0.15, 0.2) is 0 Å². The molecule has 0 aliphatic carbocycles. The Morgan fingerprint density at radius 3 is 3.24 bits per heavy atom. The van der Waals surface area contributed by atoms with Crippen LogP contribution in [-0.2, 0) is 4.74 Å². The Bertz CT molecular complexity index is 352. The van der Waals surface area contributed by atoms with Gasteiger partial charge in [0.1, 0.15) is 6.33 Å². The first kappa shape index (κ1) is 12.1. The SMILES string of the molecule is CCN1CCOC(CNC(=O)n2ccnc2)C1. The van der Waals surface area contributed by atoms with E-state index in [0.717, 1.165) is 26.2 Å². The van der Waals surface area contributed by atoms with E-state index in [0.29, 0.717) is 6.54 Å². The highest BCUT2D eigenvalue weighted by molar-refractivity contribution is 5.76. The van der Waals surface area contributed by atoms with Crippen LogP contribution >= 0.6 is 0 Å². The van der Waals surface area contributed by atoms with Crippen molar-refractivity contribution < 1.29 is 9.53 Å². The highest BCUT2D eigenvalue weighted by Crippen LogP contribution is 2.03. The number of aromatic nitrogens is 2. The molecule has 1 aliphatic heterocycles. The van der Waals surface area contributed by atoms with E-state index in [4.69, 9.17) is 4.74 Å². The van der Waals surface area contributed by atoms with Gasteiger partial charge in [0.05, 0.1) is 12.7 Å². The summed E-state index contributed by atoms with van der Waals surface area (Å²) in [4.78, 5) is 17.8. The Morgan fingerprint density at radius 2 is 2.53 bits per heavy atom. The highest BCUT2D eigenvalue weighted by Gasteiger charge is 2.19. The van der Waals surface area contributed by atoms with Gasteiger partial charge < -0.3 is 10.1 Å². The van der Waals surface area contributed by atoms with E-state index in [-0.39, 0.29) is 12.1 Å². The molecule has 1 aliphatic rings. The largest absolute Gasteiger partial charge is 0.374 e. The van der Waals surface area contributed by atoms with Crippen LogP contribution in [0.5, 0.6) is 0 Å². The van der Waals surface area contributed by atoms with Crippen molar-refractivity contribution in [2.75, 3.05) is 32.8 Å². The summed E-state index contributed by atoms with van der Waals surface area (Å²) in [5.74, 6) is 0. The Labute approximate surface area is 101 Å². The van der Waals surface area contributed by atoms with Gasteiger partial charge in [0.25, 0.3) is 0 Å². The van der Waals surface area contributed by atoms with Gasteiger partial charge >= 0.3 is 6.03 Å². The van der Waals surface area contributed by atoms with Crippen molar-refractivity contribution in [3.63, 3.8) is 0 Å². The zero-order valence-electron chi connectivity index (χ0n) is 10.0. The molecule has 0 radical (unpaired) electrons. The van der Waals surface area contributed by atoms with Crippen LogP contribution in [0.2, 0.25) is 0 Å². The molecule has 1 atom stereocenters. The maximum atomic E-state index is 11.6. The van der Waals surface area contributed by atoms with E-state index in [9.17, 15) is 4.79 Å². The van der Waals surface area contributed by atoms with Gasteiger partial charge in [-0.1, -0.05) is 6.92 Å². The number of morpholine rings is 1. The fraction of sp³-hybridized carbons (Fsp3) is 0.636. The van der Waals surface area contributed by atoms with Crippen LogP contribution in [-0.4, -0.2) is 59.4 Å². The van der Waals surface area contributed by atoms with Crippen LogP contribution in [0.1, 0.15) is 6.92 Å². The van der Waals surface area contributed by atoms with Crippen LogP contribution in [0.4, 0.5) is 4.79 Å². The van der Waals surface area contributed by atoms with E-state index in [1.165, 1.54) is 10.9 Å². The lowest BCUT2D eigenvalue weighted by Crippen LogP contribution is -2.47. The Balaban J connectivity index is 1.76. The predicted molar refractivity (Wildman–Crippen MR) is 62.9 cm³/mol. The number of ether oxygens (including phenoxy) is 1. The number of nitrogens with one attached hydrogen (secondary N) is 1. The molecule has 1 fully saturated rings. The minimum Gasteiger partial charge on any atom is -0.374 e. The summed E-state index contributed by atoms with van der Waals surface area (Å²) >= 11 is 0. The molecule has 1 unspecified atom stereocenters. The second kappa shape index (κ2) is 5.79. The van der Waals surface area contributed by atoms with Gasteiger partial charge in [0, 0.05) is 32.0 Å². The third kappa shape index (κ3) is 3.28. The maximum Gasteiger partial charge on any atom is 0.326 e. The molecule has 2 heterocycles. The molecule has 1 N–H and O–H groups in total. The van der Waals surface area contributed by atoms with Gasteiger partial charge in [0.2, 0.25) is 0 Å². The van der Waals surface area contributed by atoms with Crippen LogP contribution in [0, 0.1) is 0 Å². The topological polar surface area (TPSA) is 59.4 Å². The van der Waals surface area contributed by atoms with E-state index in [1.807, 2.05) is 0 Å². The monoisotopic (exact) mass is 238 g/mol. The molecule has 2 rings (SSSR count). The van der Waals surface area contributed by atoms with Gasteiger partial charge in [-0.25, -0.2) is 9.78 Å². The van der Waals surface area contributed by atoms with E-state index >= 15 is 0 Å². The number of amides is 1. The van der Waals surface area contributed by atoms with Crippen molar-refractivity contribution in [3.05, 3.63) is 18.7 Å². The fourth-order valence-corrected chi connectivity index (χ4v) is 1.86. The molecule has 0 saturated carbocycles. The number of carbonyl (C=O) groups excluding carboxylic acids is 1. The van der Waals surface area contributed by atoms with Crippen molar-refractivity contribution in [1.29, 1.82) is 0 Å². The smallest absolute Gasteiger partial charge is 0.326 e. The number of hydrogen-bond acceptors (Lipinski definition) is 4. The van der Waals surface area contributed by atoms with Crippen molar-refractivity contribution in [1.82, 2.24) is 19.8 Å². The number of carbonyl (C=O) groups is 1. The first-order valence-electron chi connectivity index (χ1n) is 5.89. The first-order valence-corrected chi connectivity index (χ1v) is 5.89. The zero-order chi connectivity index (χ0) is 12.1. The van der Waals surface area contributed by atoms with E-state index in [1.54, 1.807) is 12.4 Å². The molecule has 1 saturated heterocycles. The summed E-state index contributed by atoms with van der Waals surface area (Å²) < 4.78 is 7.01. The molecule has 1 amide bonds. The molecular formula is C11H18N4O2. The number of nitrogens with zero attached hydrogens (tertiary/aromatic N) is 3. The molecule has 1 aromatic heterocycles. The van der Waals surface area contributed by atoms with Gasteiger partial charge in [-0.2, -0.15) is 0 Å². The lowest BCUT2D eigenvalue weighted by molar-refractivity contribution is -0.0239. The Hall–Kier alpha value is -1.40. The average Bonchev–Trinajstić information content (AvgIpc) is 2.90. The molecule has 6 nitrogen and oxygen atoms in total. The van der Waals surface area contributed by atoms with E-state index < -0.39 is 0 Å². The number of hydrogen-bond donors (Lipinski definition) is 1. The molecule has 94 valence electrons.